The molecular weight excluding hydrogens is 238 g/mol. The van der Waals surface area contributed by atoms with E-state index < -0.39 is 0 Å². The van der Waals surface area contributed by atoms with E-state index in [1.54, 1.807) is 0 Å². The summed E-state index contributed by atoms with van der Waals surface area (Å²) in [6.45, 7) is 6.19. The molecule has 1 amide bonds. The highest BCUT2D eigenvalue weighted by molar-refractivity contribution is 5.77. The first-order valence-corrected chi connectivity index (χ1v) is 6.80. The molecule has 0 aliphatic rings. The molecular formula is C15H21N3O. The maximum Gasteiger partial charge on any atom is 0.220 e. The molecule has 19 heavy (non-hydrogen) atoms. The molecule has 0 fully saturated rings. The van der Waals surface area contributed by atoms with Gasteiger partial charge in [-0.05, 0) is 31.4 Å². The Kier molecular flexibility index (Phi) is 4.20. The third-order valence-corrected chi connectivity index (χ3v) is 3.14. The third kappa shape index (κ3) is 3.56. The van der Waals surface area contributed by atoms with Crippen LogP contribution in [0.2, 0.25) is 0 Å². The summed E-state index contributed by atoms with van der Waals surface area (Å²) in [6.07, 6.45) is 1.49. The van der Waals surface area contributed by atoms with Crippen molar-refractivity contribution >= 4 is 16.9 Å². The van der Waals surface area contributed by atoms with Crippen molar-refractivity contribution in [2.75, 3.05) is 0 Å². The molecule has 0 spiro atoms. The summed E-state index contributed by atoms with van der Waals surface area (Å²) in [5.41, 5.74) is 1.93. The summed E-state index contributed by atoms with van der Waals surface area (Å²) < 4.78 is 0. The van der Waals surface area contributed by atoms with Gasteiger partial charge in [-0.15, -0.1) is 0 Å². The molecule has 1 aromatic carbocycles. The molecule has 0 aliphatic heterocycles. The summed E-state index contributed by atoms with van der Waals surface area (Å²) in [5, 5.41) is 2.98. The number of amides is 1. The molecule has 102 valence electrons. The second kappa shape index (κ2) is 5.87. The van der Waals surface area contributed by atoms with Gasteiger partial charge in [-0.1, -0.05) is 26.0 Å². The lowest BCUT2D eigenvalue weighted by Crippen LogP contribution is -2.27. The van der Waals surface area contributed by atoms with E-state index in [1.807, 2.05) is 31.2 Å². The Labute approximate surface area is 113 Å². The molecule has 0 aliphatic carbocycles. The van der Waals surface area contributed by atoms with Gasteiger partial charge in [-0.25, -0.2) is 4.98 Å². The van der Waals surface area contributed by atoms with Gasteiger partial charge in [-0.2, -0.15) is 0 Å². The molecule has 0 radical (unpaired) electrons. The van der Waals surface area contributed by atoms with Crippen molar-refractivity contribution in [2.24, 2.45) is 5.92 Å². The molecule has 1 aromatic heterocycles. The van der Waals surface area contributed by atoms with E-state index in [0.717, 1.165) is 23.3 Å². The number of nitrogens with zero attached hydrogens (tertiary/aromatic N) is 1. The minimum atomic E-state index is -0.0907. The Morgan fingerprint density at radius 1 is 1.32 bits per heavy atom. The standard InChI is InChI=1S/C15H21N3O/c1-10(2)8-9-14(19)16-11(3)15-17-12-6-4-5-7-13(12)18-15/h4-7,10-11H,8-9H2,1-3H3,(H,16,19)(H,17,18)/t11-/m0/s1. The molecule has 0 saturated heterocycles. The number of aromatic amines is 1. The Hall–Kier alpha value is -1.84. The number of aromatic nitrogens is 2. The van der Waals surface area contributed by atoms with Crippen LogP contribution in [0.4, 0.5) is 0 Å². The first-order valence-electron chi connectivity index (χ1n) is 6.80. The number of rotatable bonds is 5. The maximum atomic E-state index is 11.8. The van der Waals surface area contributed by atoms with Crippen molar-refractivity contribution < 1.29 is 4.79 Å². The molecule has 2 aromatic rings. The van der Waals surface area contributed by atoms with Crippen molar-refractivity contribution in [3.8, 4) is 0 Å². The Morgan fingerprint density at radius 3 is 2.74 bits per heavy atom. The van der Waals surface area contributed by atoms with Crippen LogP contribution in [0.5, 0.6) is 0 Å². The SMILES string of the molecule is CC(C)CCC(=O)N[C@@H](C)c1nc2ccccc2[nH]1. The van der Waals surface area contributed by atoms with Crippen LogP contribution in [-0.4, -0.2) is 15.9 Å². The molecule has 2 N–H and O–H groups in total. The van der Waals surface area contributed by atoms with Gasteiger partial charge >= 0.3 is 0 Å². The molecule has 2 rings (SSSR count). The summed E-state index contributed by atoms with van der Waals surface area (Å²) in [4.78, 5) is 19.5. The highest BCUT2D eigenvalue weighted by Gasteiger charge is 2.13. The highest BCUT2D eigenvalue weighted by atomic mass is 16.1. The van der Waals surface area contributed by atoms with E-state index in [4.69, 9.17) is 0 Å². The molecule has 0 unspecified atom stereocenters. The van der Waals surface area contributed by atoms with Gasteiger partial charge in [0.25, 0.3) is 0 Å². The van der Waals surface area contributed by atoms with Gasteiger partial charge in [-0.3, -0.25) is 4.79 Å². The first-order chi connectivity index (χ1) is 9.06. The van der Waals surface area contributed by atoms with Crippen LogP contribution < -0.4 is 5.32 Å². The summed E-state index contributed by atoms with van der Waals surface area (Å²) in [7, 11) is 0. The predicted octanol–water partition coefficient (Wildman–Crippen LogP) is 3.18. The third-order valence-electron chi connectivity index (χ3n) is 3.14. The lowest BCUT2D eigenvalue weighted by molar-refractivity contribution is -0.122. The zero-order valence-corrected chi connectivity index (χ0v) is 11.7. The Balaban J connectivity index is 1.99. The fraction of sp³-hybridized carbons (Fsp3) is 0.467. The average Bonchev–Trinajstić information content (AvgIpc) is 2.80. The number of nitrogens with one attached hydrogen (secondary N) is 2. The number of imidazole rings is 1. The van der Waals surface area contributed by atoms with Crippen LogP contribution in [0.15, 0.2) is 24.3 Å². The largest absolute Gasteiger partial charge is 0.346 e. The van der Waals surface area contributed by atoms with Crippen LogP contribution in [0, 0.1) is 5.92 Å². The van der Waals surface area contributed by atoms with E-state index in [1.165, 1.54) is 0 Å². The minimum absolute atomic E-state index is 0.0849. The molecule has 4 nitrogen and oxygen atoms in total. The Morgan fingerprint density at radius 2 is 2.05 bits per heavy atom. The van der Waals surface area contributed by atoms with Gasteiger partial charge in [0.15, 0.2) is 0 Å². The quantitative estimate of drug-likeness (QED) is 0.866. The summed E-state index contributed by atoms with van der Waals surface area (Å²) in [6, 6.07) is 7.78. The fourth-order valence-corrected chi connectivity index (χ4v) is 1.98. The lowest BCUT2D eigenvalue weighted by atomic mass is 10.1. The van der Waals surface area contributed by atoms with Crippen LogP contribution in [-0.2, 0) is 4.79 Å². The van der Waals surface area contributed by atoms with Crippen molar-refractivity contribution in [1.82, 2.24) is 15.3 Å². The van der Waals surface area contributed by atoms with Gasteiger partial charge in [0.05, 0.1) is 17.1 Å². The minimum Gasteiger partial charge on any atom is -0.346 e. The van der Waals surface area contributed by atoms with Crippen LogP contribution in [0.3, 0.4) is 0 Å². The molecule has 1 atom stereocenters. The van der Waals surface area contributed by atoms with Gasteiger partial charge in [0, 0.05) is 6.42 Å². The zero-order valence-electron chi connectivity index (χ0n) is 11.7. The summed E-state index contributed by atoms with van der Waals surface area (Å²) in [5.74, 6) is 1.44. The summed E-state index contributed by atoms with van der Waals surface area (Å²) >= 11 is 0. The van der Waals surface area contributed by atoms with Gasteiger partial charge in [0.2, 0.25) is 5.91 Å². The van der Waals surface area contributed by atoms with E-state index in [2.05, 4.69) is 29.1 Å². The predicted molar refractivity (Wildman–Crippen MR) is 76.7 cm³/mol. The van der Waals surface area contributed by atoms with E-state index in [0.29, 0.717) is 12.3 Å². The highest BCUT2D eigenvalue weighted by Crippen LogP contribution is 2.15. The number of carbonyl (C=O) groups is 1. The van der Waals surface area contributed by atoms with E-state index in [-0.39, 0.29) is 11.9 Å². The normalized spacial score (nSPS) is 12.8. The van der Waals surface area contributed by atoms with E-state index in [9.17, 15) is 4.79 Å². The van der Waals surface area contributed by atoms with Crippen molar-refractivity contribution in [1.29, 1.82) is 0 Å². The van der Waals surface area contributed by atoms with Crippen molar-refractivity contribution in [3.63, 3.8) is 0 Å². The second-order valence-electron chi connectivity index (χ2n) is 5.36. The molecule has 1 heterocycles. The monoisotopic (exact) mass is 259 g/mol. The average molecular weight is 259 g/mol. The number of hydrogen-bond donors (Lipinski definition) is 2. The first kappa shape index (κ1) is 13.6. The topological polar surface area (TPSA) is 57.8 Å². The number of fused-ring (bicyclic) bond motifs is 1. The van der Waals surface area contributed by atoms with Crippen molar-refractivity contribution in [3.05, 3.63) is 30.1 Å². The number of hydrogen-bond acceptors (Lipinski definition) is 2. The molecule has 4 heteroatoms. The number of benzene rings is 1. The molecule has 0 bridgehead atoms. The lowest BCUT2D eigenvalue weighted by Gasteiger charge is -2.12. The number of para-hydroxylation sites is 2. The van der Waals surface area contributed by atoms with Gasteiger partial charge < -0.3 is 10.3 Å². The Bertz CT molecular complexity index is 526. The maximum absolute atomic E-state index is 11.8. The number of H-pyrrole nitrogens is 1. The van der Waals surface area contributed by atoms with E-state index >= 15 is 0 Å². The van der Waals surface area contributed by atoms with Crippen LogP contribution in [0.25, 0.3) is 11.0 Å². The second-order valence-corrected chi connectivity index (χ2v) is 5.36. The zero-order chi connectivity index (χ0) is 13.8. The smallest absolute Gasteiger partial charge is 0.220 e. The van der Waals surface area contributed by atoms with Crippen LogP contribution >= 0.6 is 0 Å². The van der Waals surface area contributed by atoms with Crippen LogP contribution in [0.1, 0.15) is 45.5 Å². The van der Waals surface area contributed by atoms with Crippen molar-refractivity contribution in [2.45, 2.75) is 39.7 Å². The number of carbonyl (C=O) groups excluding carboxylic acids is 1. The van der Waals surface area contributed by atoms with Gasteiger partial charge in [0.1, 0.15) is 5.82 Å². The molecule has 0 saturated carbocycles. The fourth-order valence-electron chi connectivity index (χ4n) is 1.98.